The first-order valence-electron chi connectivity index (χ1n) is 14.5. The van der Waals surface area contributed by atoms with Crippen LogP contribution in [0.25, 0.3) is 0 Å². The number of hydrogen-bond acceptors (Lipinski definition) is 8. The summed E-state index contributed by atoms with van der Waals surface area (Å²) in [6.45, 7) is 7.92. The van der Waals surface area contributed by atoms with Crippen molar-refractivity contribution in [2.45, 2.75) is 20.4 Å². The molecule has 4 aromatic rings. The molecule has 0 unspecified atom stereocenters. The van der Waals surface area contributed by atoms with Gasteiger partial charge in [-0.25, -0.2) is 9.78 Å². The minimum atomic E-state index is -0.355. The summed E-state index contributed by atoms with van der Waals surface area (Å²) in [6.07, 6.45) is 1.68. The molecule has 0 atom stereocenters. The Balaban J connectivity index is 1.26. The highest BCUT2D eigenvalue weighted by Gasteiger charge is 2.32. The number of carbonyl (C=O) groups is 2. The minimum absolute atomic E-state index is 0.186. The second-order valence-electron chi connectivity index (χ2n) is 10.3. The van der Waals surface area contributed by atoms with E-state index in [4.69, 9.17) is 21.6 Å². The quantitative estimate of drug-likeness (QED) is 0.199. The zero-order valence-corrected chi connectivity index (χ0v) is 26.0. The number of ether oxygens (including phenoxy) is 1. The van der Waals surface area contributed by atoms with E-state index in [1.165, 1.54) is 9.80 Å². The molecule has 3 amide bonds. The fraction of sp³-hybridized carbons (Fsp3) is 0.242. The molecule has 0 saturated carbocycles. The maximum Gasteiger partial charge on any atom is 0.330 e. The number of anilines is 5. The molecule has 0 saturated heterocycles. The Hall–Kier alpha value is -5.18. The number of benzene rings is 3. The molecular formula is C33H33ClN8O3. The summed E-state index contributed by atoms with van der Waals surface area (Å²) in [5.74, 6) is 1.25. The third kappa shape index (κ3) is 7.32. The zero-order valence-electron chi connectivity index (χ0n) is 25.2. The molecule has 0 fully saturated rings. The number of amides is 3. The van der Waals surface area contributed by atoms with Gasteiger partial charge in [-0.15, -0.1) is 0 Å². The summed E-state index contributed by atoms with van der Waals surface area (Å²) in [7, 11) is 1.64. The summed E-state index contributed by atoms with van der Waals surface area (Å²) < 4.78 is 5.87. The average molecular weight is 625 g/mol. The topological polar surface area (TPSA) is 127 Å². The van der Waals surface area contributed by atoms with Crippen molar-refractivity contribution in [3.63, 3.8) is 0 Å². The second-order valence-corrected chi connectivity index (χ2v) is 10.7. The zero-order chi connectivity index (χ0) is 31.9. The highest BCUT2D eigenvalue weighted by Crippen LogP contribution is 2.36. The molecule has 0 radical (unpaired) electrons. The second kappa shape index (κ2) is 14.1. The molecule has 1 aliphatic heterocycles. The van der Waals surface area contributed by atoms with Crippen LogP contribution in [0.15, 0.2) is 72.9 Å². The normalized spacial score (nSPS) is 12.5. The third-order valence-electron chi connectivity index (χ3n) is 7.46. The van der Waals surface area contributed by atoms with Crippen LogP contribution < -0.4 is 25.2 Å². The Morgan fingerprint density at radius 1 is 1.07 bits per heavy atom. The van der Waals surface area contributed by atoms with Crippen LogP contribution in [0.1, 0.15) is 35.3 Å². The van der Waals surface area contributed by atoms with Crippen LogP contribution >= 0.6 is 11.6 Å². The largest absolute Gasteiger partial charge is 0.492 e. The van der Waals surface area contributed by atoms with Gasteiger partial charge in [0.25, 0.3) is 5.91 Å². The van der Waals surface area contributed by atoms with E-state index in [1.54, 1.807) is 55.7 Å². The molecule has 230 valence electrons. The standard InChI is InChI=1S/C33H33ClN8O3/c1-4-41(5-2)16-17-45-27-13-10-25(11-14-27)38-32-36-20-24-21-42(33(44)40(3)30(24)39-32)29-18-26(12-15-28(29)34)37-31(43)23-8-6-22(19-35)7-9-23/h6-15,18,20H,4-5,16-17,21H2,1-3H3,(H,37,43)(H,36,38,39). The fourth-order valence-corrected chi connectivity index (χ4v) is 5.07. The van der Waals surface area contributed by atoms with Crippen molar-refractivity contribution in [2.75, 3.05) is 53.7 Å². The number of nitriles is 1. The molecule has 0 bridgehead atoms. The Morgan fingerprint density at radius 2 is 1.78 bits per heavy atom. The lowest BCUT2D eigenvalue weighted by Gasteiger charge is -2.34. The molecule has 0 spiro atoms. The van der Waals surface area contributed by atoms with Gasteiger partial charge in [0.05, 0.1) is 28.9 Å². The number of carbonyl (C=O) groups excluding carboxylic acids is 2. The van der Waals surface area contributed by atoms with Crippen molar-refractivity contribution in [3.05, 3.63) is 94.6 Å². The number of aromatic nitrogens is 2. The maximum absolute atomic E-state index is 13.5. The smallest absolute Gasteiger partial charge is 0.330 e. The van der Waals surface area contributed by atoms with Gasteiger partial charge in [-0.2, -0.15) is 10.2 Å². The SMILES string of the molecule is CCN(CC)CCOc1ccc(Nc2ncc3c(n2)N(C)C(=O)N(c2cc(NC(=O)c4ccc(C#N)cc4)ccc2Cl)C3)cc1. The number of fused-ring (bicyclic) bond motifs is 1. The highest BCUT2D eigenvalue weighted by molar-refractivity contribution is 6.34. The van der Waals surface area contributed by atoms with Gasteiger partial charge < -0.3 is 20.3 Å². The lowest BCUT2D eigenvalue weighted by atomic mass is 10.1. The predicted molar refractivity (Wildman–Crippen MR) is 176 cm³/mol. The predicted octanol–water partition coefficient (Wildman–Crippen LogP) is 6.29. The molecule has 2 N–H and O–H groups in total. The summed E-state index contributed by atoms with van der Waals surface area (Å²) in [5.41, 5.74) is 3.25. The van der Waals surface area contributed by atoms with Crippen LogP contribution in [0.4, 0.5) is 33.6 Å². The van der Waals surface area contributed by atoms with Crippen molar-refractivity contribution in [1.82, 2.24) is 14.9 Å². The number of nitrogens with one attached hydrogen (secondary N) is 2. The lowest BCUT2D eigenvalue weighted by Crippen LogP contribution is -2.46. The summed E-state index contributed by atoms with van der Waals surface area (Å²) in [4.78, 5) is 40.6. The number of likely N-dealkylation sites (N-methyl/N-ethyl adjacent to an activating group) is 1. The fourth-order valence-electron chi connectivity index (χ4n) is 4.85. The Morgan fingerprint density at radius 3 is 2.47 bits per heavy atom. The molecule has 45 heavy (non-hydrogen) atoms. The van der Waals surface area contributed by atoms with Gasteiger partial charge in [0.15, 0.2) is 0 Å². The highest BCUT2D eigenvalue weighted by atomic mass is 35.5. The van der Waals surface area contributed by atoms with E-state index >= 15 is 0 Å². The van der Waals surface area contributed by atoms with Gasteiger partial charge in [-0.1, -0.05) is 25.4 Å². The van der Waals surface area contributed by atoms with Crippen molar-refractivity contribution < 1.29 is 14.3 Å². The van der Waals surface area contributed by atoms with Gasteiger partial charge in [0.2, 0.25) is 5.95 Å². The first-order valence-corrected chi connectivity index (χ1v) is 14.9. The molecule has 5 rings (SSSR count). The molecular weight excluding hydrogens is 592 g/mol. The van der Waals surface area contributed by atoms with Gasteiger partial charge in [0, 0.05) is 42.3 Å². The van der Waals surface area contributed by atoms with E-state index in [2.05, 4.69) is 39.3 Å². The van der Waals surface area contributed by atoms with Gasteiger partial charge in [0.1, 0.15) is 18.2 Å². The van der Waals surface area contributed by atoms with Gasteiger partial charge >= 0.3 is 6.03 Å². The van der Waals surface area contributed by atoms with Crippen LogP contribution in [-0.4, -0.2) is 60.1 Å². The molecule has 11 nitrogen and oxygen atoms in total. The third-order valence-corrected chi connectivity index (χ3v) is 7.78. The first kappa shape index (κ1) is 31.3. The van der Waals surface area contributed by atoms with Crippen LogP contribution in [-0.2, 0) is 6.54 Å². The van der Waals surface area contributed by atoms with Gasteiger partial charge in [-0.3, -0.25) is 14.6 Å². The number of hydrogen-bond donors (Lipinski definition) is 2. The Bertz CT molecular complexity index is 1720. The number of nitrogens with zero attached hydrogens (tertiary/aromatic N) is 6. The van der Waals surface area contributed by atoms with E-state index < -0.39 is 0 Å². The number of halogens is 1. The average Bonchev–Trinajstić information content (AvgIpc) is 3.06. The lowest BCUT2D eigenvalue weighted by molar-refractivity contribution is 0.102. The van der Waals surface area contributed by atoms with Crippen LogP contribution in [0, 0.1) is 11.3 Å². The molecule has 3 aromatic carbocycles. The Kier molecular flexibility index (Phi) is 9.77. The van der Waals surface area contributed by atoms with Gasteiger partial charge in [-0.05, 0) is 79.8 Å². The monoisotopic (exact) mass is 624 g/mol. The molecule has 1 aromatic heterocycles. The molecule has 1 aliphatic rings. The summed E-state index contributed by atoms with van der Waals surface area (Å²) in [5, 5.41) is 15.4. The Labute approximate surface area is 267 Å². The first-order chi connectivity index (χ1) is 21.8. The maximum atomic E-state index is 13.5. The van der Waals surface area contributed by atoms with E-state index in [1.807, 2.05) is 30.3 Å². The van der Waals surface area contributed by atoms with Crippen molar-refractivity contribution in [1.29, 1.82) is 5.26 Å². The van der Waals surface area contributed by atoms with Crippen LogP contribution in [0.2, 0.25) is 5.02 Å². The summed E-state index contributed by atoms with van der Waals surface area (Å²) in [6, 6.07) is 20.5. The van der Waals surface area contributed by atoms with Crippen molar-refractivity contribution >= 4 is 52.4 Å². The van der Waals surface area contributed by atoms with E-state index in [-0.39, 0.29) is 18.5 Å². The van der Waals surface area contributed by atoms with Crippen molar-refractivity contribution in [2.24, 2.45) is 0 Å². The van der Waals surface area contributed by atoms with Crippen LogP contribution in [0.5, 0.6) is 5.75 Å². The van der Waals surface area contributed by atoms with E-state index in [0.29, 0.717) is 45.9 Å². The number of urea groups is 1. The van der Waals surface area contributed by atoms with Crippen molar-refractivity contribution in [3.8, 4) is 11.8 Å². The summed E-state index contributed by atoms with van der Waals surface area (Å²) >= 11 is 6.53. The molecule has 0 aliphatic carbocycles. The molecule has 2 heterocycles. The van der Waals surface area contributed by atoms with E-state index in [9.17, 15) is 9.59 Å². The number of rotatable bonds is 11. The minimum Gasteiger partial charge on any atom is -0.492 e. The van der Waals surface area contributed by atoms with E-state index in [0.717, 1.165) is 36.6 Å². The molecule has 12 heteroatoms. The van der Waals surface area contributed by atoms with Crippen LogP contribution in [0.3, 0.4) is 0 Å².